The van der Waals surface area contributed by atoms with Crippen molar-refractivity contribution in [3.63, 3.8) is 0 Å². The Morgan fingerprint density at radius 1 is 1.36 bits per heavy atom. The number of likely N-dealkylation sites (N-methyl/N-ethyl adjacent to an activating group) is 1. The standard InChI is InChI=1S/C16H25N3O3/c1-5-8-16(2,3)9-13(14(21)17-4)19-15(22)12-7-6-11(20)10-18-12/h6-7,10,13,20H,5,8-9H2,1-4H3,(H,17,21)(H,19,22). The number of pyridine rings is 1. The molecule has 6 heteroatoms. The molecule has 1 rings (SSSR count). The summed E-state index contributed by atoms with van der Waals surface area (Å²) in [6.45, 7) is 6.25. The molecule has 0 aliphatic heterocycles. The summed E-state index contributed by atoms with van der Waals surface area (Å²) < 4.78 is 0. The first-order valence-electron chi connectivity index (χ1n) is 7.46. The van der Waals surface area contributed by atoms with Crippen molar-refractivity contribution in [2.75, 3.05) is 7.05 Å². The predicted octanol–water partition coefficient (Wildman–Crippen LogP) is 1.85. The normalized spacial score (nSPS) is 12.5. The van der Waals surface area contributed by atoms with Gasteiger partial charge in [-0.25, -0.2) is 4.98 Å². The van der Waals surface area contributed by atoms with Crippen LogP contribution in [0.25, 0.3) is 0 Å². The molecule has 2 amide bonds. The Hall–Kier alpha value is -2.11. The summed E-state index contributed by atoms with van der Waals surface area (Å²) in [5, 5.41) is 14.5. The third-order valence-electron chi connectivity index (χ3n) is 3.53. The van der Waals surface area contributed by atoms with E-state index < -0.39 is 11.9 Å². The number of amides is 2. The van der Waals surface area contributed by atoms with Gasteiger partial charge in [-0.15, -0.1) is 0 Å². The Kier molecular flexibility index (Phi) is 6.34. The highest BCUT2D eigenvalue weighted by molar-refractivity contribution is 5.96. The van der Waals surface area contributed by atoms with E-state index in [0.717, 1.165) is 12.8 Å². The monoisotopic (exact) mass is 307 g/mol. The fourth-order valence-electron chi connectivity index (χ4n) is 2.47. The number of hydrogen-bond donors (Lipinski definition) is 3. The van der Waals surface area contributed by atoms with Gasteiger partial charge in [0.25, 0.3) is 5.91 Å². The van der Waals surface area contributed by atoms with Crippen LogP contribution < -0.4 is 10.6 Å². The lowest BCUT2D eigenvalue weighted by Gasteiger charge is -2.29. The molecule has 1 aromatic heterocycles. The van der Waals surface area contributed by atoms with Gasteiger partial charge in [-0.05, 0) is 30.4 Å². The van der Waals surface area contributed by atoms with Gasteiger partial charge in [0.05, 0.1) is 6.20 Å². The van der Waals surface area contributed by atoms with Gasteiger partial charge in [0.15, 0.2) is 0 Å². The lowest BCUT2D eigenvalue weighted by Crippen LogP contribution is -2.48. The first-order chi connectivity index (χ1) is 10.3. The zero-order valence-electron chi connectivity index (χ0n) is 13.6. The average molecular weight is 307 g/mol. The van der Waals surface area contributed by atoms with Crippen LogP contribution in [0.5, 0.6) is 5.75 Å². The van der Waals surface area contributed by atoms with E-state index in [2.05, 4.69) is 36.4 Å². The van der Waals surface area contributed by atoms with E-state index in [4.69, 9.17) is 0 Å². The second-order valence-electron chi connectivity index (χ2n) is 6.16. The number of aromatic nitrogens is 1. The second-order valence-corrected chi connectivity index (χ2v) is 6.16. The molecular weight excluding hydrogens is 282 g/mol. The molecule has 0 fully saturated rings. The molecule has 1 aromatic rings. The maximum absolute atomic E-state index is 12.2. The van der Waals surface area contributed by atoms with Crippen molar-refractivity contribution < 1.29 is 14.7 Å². The Labute approximate surface area is 131 Å². The van der Waals surface area contributed by atoms with E-state index in [1.165, 1.54) is 18.3 Å². The van der Waals surface area contributed by atoms with E-state index in [1.807, 2.05) is 0 Å². The fraction of sp³-hybridized carbons (Fsp3) is 0.562. The highest BCUT2D eigenvalue weighted by Gasteiger charge is 2.28. The molecule has 1 heterocycles. The van der Waals surface area contributed by atoms with Crippen LogP contribution in [0, 0.1) is 5.41 Å². The van der Waals surface area contributed by atoms with Crippen LogP contribution in [-0.2, 0) is 4.79 Å². The molecule has 0 spiro atoms. The van der Waals surface area contributed by atoms with Crippen molar-refractivity contribution in [1.82, 2.24) is 15.6 Å². The van der Waals surface area contributed by atoms with Crippen molar-refractivity contribution >= 4 is 11.8 Å². The largest absolute Gasteiger partial charge is 0.506 e. The Bertz CT molecular complexity index is 512. The van der Waals surface area contributed by atoms with Gasteiger partial charge in [0.1, 0.15) is 17.5 Å². The van der Waals surface area contributed by atoms with E-state index in [1.54, 1.807) is 7.05 Å². The topological polar surface area (TPSA) is 91.3 Å². The molecule has 6 nitrogen and oxygen atoms in total. The lowest BCUT2D eigenvalue weighted by molar-refractivity contribution is -0.123. The van der Waals surface area contributed by atoms with E-state index >= 15 is 0 Å². The van der Waals surface area contributed by atoms with Crippen molar-refractivity contribution in [3.8, 4) is 5.75 Å². The molecule has 122 valence electrons. The van der Waals surface area contributed by atoms with Gasteiger partial charge in [-0.2, -0.15) is 0 Å². The summed E-state index contributed by atoms with van der Waals surface area (Å²) in [4.78, 5) is 28.1. The molecule has 0 saturated heterocycles. The van der Waals surface area contributed by atoms with Gasteiger partial charge >= 0.3 is 0 Å². The molecular formula is C16H25N3O3. The van der Waals surface area contributed by atoms with Crippen molar-refractivity contribution in [3.05, 3.63) is 24.0 Å². The lowest BCUT2D eigenvalue weighted by atomic mass is 9.81. The second kappa shape index (κ2) is 7.77. The zero-order valence-corrected chi connectivity index (χ0v) is 13.6. The molecule has 22 heavy (non-hydrogen) atoms. The van der Waals surface area contributed by atoms with Crippen LogP contribution in [0.1, 0.15) is 50.5 Å². The minimum absolute atomic E-state index is 0.0107. The molecule has 1 atom stereocenters. The summed E-state index contributed by atoms with van der Waals surface area (Å²) >= 11 is 0. The maximum Gasteiger partial charge on any atom is 0.270 e. The first kappa shape index (κ1) is 17.9. The van der Waals surface area contributed by atoms with Crippen LogP contribution in [-0.4, -0.2) is 35.0 Å². The Balaban J connectivity index is 2.82. The van der Waals surface area contributed by atoms with Crippen molar-refractivity contribution in [2.24, 2.45) is 5.41 Å². The number of hydrogen-bond acceptors (Lipinski definition) is 4. The van der Waals surface area contributed by atoms with E-state index in [0.29, 0.717) is 6.42 Å². The number of aromatic hydroxyl groups is 1. The molecule has 0 saturated carbocycles. The summed E-state index contributed by atoms with van der Waals surface area (Å²) in [5.41, 5.74) is 0.113. The summed E-state index contributed by atoms with van der Waals surface area (Å²) in [6.07, 6.45) is 3.73. The van der Waals surface area contributed by atoms with Gasteiger partial charge in [-0.3, -0.25) is 9.59 Å². The molecule has 0 aliphatic rings. The van der Waals surface area contributed by atoms with Gasteiger partial charge in [0.2, 0.25) is 5.91 Å². The van der Waals surface area contributed by atoms with Crippen LogP contribution >= 0.6 is 0 Å². The fourth-order valence-corrected chi connectivity index (χ4v) is 2.47. The van der Waals surface area contributed by atoms with Crippen molar-refractivity contribution in [2.45, 2.75) is 46.1 Å². The average Bonchev–Trinajstić information content (AvgIpc) is 2.46. The highest BCUT2D eigenvalue weighted by atomic mass is 16.3. The zero-order chi connectivity index (χ0) is 16.8. The summed E-state index contributed by atoms with van der Waals surface area (Å²) in [6, 6.07) is 2.19. The molecule has 0 aromatic carbocycles. The first-order valence-corrected chi connectivity index (χ1v) is 7.46. The number of nitrogens with zero attached hydrogens (tertiary/aromatic N) is 1. The number of rotatable bonds is 7. The van der Waals surface area contributed by atoms with Gasteiger partial charge < -0.3 is 15.7 Å². The maximum atomic E-state index is 12.2. The smallest absolute Gasteiger partial charge is 0.270 e. The summed E-state index contributed by atoms with van der Waals surface area (Å²) in [7, 11) is 1.55. The Morgan fingerprint density at radius 3 is 2.55 bits per heavy atom. The minimum Gasteiger partial charge on any atom is -0.506 e. The van der Waals surface area contributed by atoms with E-state index in [9.17, 15) is 14.7 Å². The highest BCUT2D eigenvalue weighted by Crippen LogP contribution is 2.28. The number of nitrogens with one attached hydrogen (secondary N) is 2. The molecule has 0 aliphatic carbocycles. The van der Waals surface area contributed by atoms with Crippen LogP contribution in [0.4, 0.5) is 0 Å². The predicted molar refractivity (Wildman–Crippen MR) is 84.5 cm³/mol. The molecule has 3 N–H and O–H groups in total. The van der Waals surface area contributed by atoms with E-state index in [-0.39, 0.29) is 22.8 Å². The van der Waals surface area contributed by atoms with Crippen LogP contribution in [0.2, 0.25) is 0 Å². The molecule has 0 bridgehead atoms. The molecule has 1 unspecified atom stereocenters. The number of carbonyl (C=O) groups is 2. The van der Waals surface area contributed by atoms with Gasteiger partial charge in [-0.1, -0.05) is 27.2 Å². The third-order valence-corrected chi connectivity index (χ3v) is 3.53. The SMILES string of the molecule is CCCC(C)(C)CC(NC(=O)c1ccc(O)cn1)C(=O)NC. The van der Waals surface area contributed by atoms with Crippen LogP contribution in [0.3, 0.4) is 0 Å². The quantitative estimate of drug-likeness (QED) is 0.717. The van der Waals surface area contributed by atoms with Crippen molar-refractivity contribution in [1.29, 1.82) is 0 Å². The Morgan fingerprint density at radius 2 is 2.05 bits per heavy atom. The third kappa shape index (κ3) is 5.35. The van der Waals surface area contributed by atoms with Crippen LogP contribution in [0.15, 0.2) is 18.3 Å². The van der Waals surface area contributed by atoms with Gasteiger partial charge in [0, 0.05) is 7.05 Å². The molecule has 0 radical (unpaired) electrons. The minimum atomic E-state index is -0.616. The number of carbonyl (C=O) groups excluding carboxylic acids is 2. The summed E-state index contributed by atoms with van der Waals surface area (Å²) in [5.74, 6) is -0.666.